The second-order valence-corrected chi connectivity index (χ2v) is 8.09. The van der Waals surface area contributed by atoms with Crippen LogP contribution in [0.2, 0.25) is 0 Å². The van der Waals surface area contributed by atoms with Gasteiger partial charge in [-0.05, 0) is 12.8 Å². The van der Waals surface area contributed by atoms with E-state index in [1.165, 1.54) is 57.8 Å². The van der Waals surface area contributed by atoms with Crippen molar-refractivity contribution in [3.05, 3.63) is 0 Å². The van der Waals surface area contributed by atoms with E-state index in [0.29, 0.717) is 6.61 Å². The first-order chi connectivity index (χ1) is 10.6. The summed E-state index contributed by atoms with van der Waals surface area (Å²) in [6.45, 7) is 4.78. The molecule has 0 unspecified atom stereocenters. The predicted octanol–water partition coefficient (Wildman–Crippen LogP) is 5.68. The molecule has 5 heteroatoms. The summed E-state index contributed by atoms with van der Waals surface area (Å²) < 4.78 is 28.5. The largest absolute Gasteiger partial charge is 2.00 e. The van der Waals surface area contributed by atoms with Crippen LogP contribution in [0.4, 0.5) is 0 Å². The summed E-state index contributed by atoms with van der Waals surface area (Å²) in [5.74, 6) is 0.192. The van der Waals surface area contributed by atoms with Crippen LogP contribution in [0.3, 0.4) is 0 Å². The van der Waals surface area contributed by atoms with Crippen LogP contribution in [-0.2, 0) is 14.3 Å². The molecule has 3 nitrogen and oxygen atoms in total. The molecule has 0 aromatic heterocycles. The zero-order valence-corrected chi connectivity index (χ0v) is 20.9. The van der Waals surface area contributed by atoms with Crippen molar-refractivity contribution in [3.63, 3.8) is 0 Å². The summed E-state index contributed by atoms with van der Waals surface area (Å²) in [4.78, 5) is 0. The van der Waals surface area contributed by atoms with Gasteiger partial charge in [-0.25, -0.2) is 0 Å². The molecule has 0 aromatic carbocycles. The Kier molecular flexibility index (Phi) is 23.0. The molecule has 138 valence electrons. The second kappa shape index (κ2) is 19.8. The van der Waals surface area contributed by atoms with Gasteiger partial charge in [0.25, 0.3) is 10.1 Å². The fourth-order valence-corrected chi connectivity index (χ4v) is 3.59. The van der Waals surface area contributed by atoms with E-state index < -0.39 is 10.1 Å². The van der Waals surface area contributed by atoms with Crippen molar-refractivity contribution in [3.8, 4) is 0 Å². The Hall–Kier alpha value is 1.48. The topological polar surface area (TPSA) is 43.4 Å². The number of hydrogen-bond donors (Lipinski definition) is 0. The summed E-state index contributed by atoms with van der Waals surface area (Å²) >= 11 is 0. The molecule has 0 fully saturated rings. The molecule has 0 rings (SSSR count). The normalized spacial score (nSPS) is 11.4. The van der Waals surface area contributed by atoms with Crippen molar-refractivity contribution < 1.29 is 15.5 Å². The van der Waals surface area contributed by atoms with Crippen LogP contribution in [0.25, 0.3) is 0 Å². The maximum atomic E-state index is 11.7. The number of unbranched alkanes of at least 4 members (excludes halogenated alkanes) is 12. The van der Waals surface area contributed by atoms with Crippen molar-refractivity contribution >= 4 is 59.0 Å². The van der Waals surface area contributed by atoms with Gasteiger partial charge < -0.3 is 2.85 Å². The molecule has 0 saturated heterocycles. The second-order valence-electron chi connectivity index (χ2n) is 6.33. The average Bonchev–Trinajstić information content (AvgIpc) is 2.49. The van der Waals surface area contributed by atoms with Gasteiger partial charge in [0.1, 0.15) is 0 Å². The molecule has 0 spiro atoms. The molecule has 0 aliphatic rings. The Bertz CT molecular complexity index is 328. The standard InChI is InChI=1S/C18H38O3S.Ba.2H/c1-3-5-7-9-11-13-15-17-21-22(19,20)18-16-14-12-10-8-6-4-2;;;/h3-18H2,1-2H3;;;/q;+2;2*-1. The molecule has 0 bridgehead atoms. The van der Waals surface area contributed by atoms with E-state index in [-0.39, 0.29) is 57.5 Å². The van der Waals surface area contributed by atoms with Crippen LogP contribution >= 0.6 is 0 Å². The fourth-order valence-electron chi connectivity index (χ4n) is 2.54. The minimum absolute atomic E-state index is 0. The Morgan fingerprint density at radius 3 is 1.52 bits per heavy atom. The van der Waals surface area contributed by atoms with Gasteiger partial charge in [0.15, 0.2) is 0 Å². The minimum atomic E-state index is -3.28. The van der Waals surface area contributed by atoms with Gasteiger partial charge in [0.05, 0.1) is 12.4 Å². The van der Waals surface area contributed by atoms with E-state index in [0.717, 1.165) is 32.1 Å². The van der Waals surface area contributed by atoms with E-state index in [4.69, 9.17) is 4.18 Å². The molecule has 0 N–H and O–H groups in total. The minimum Gasteiger partial charge on any atom is -1.00 e. The molecule has 0 aliphatic heterocycles. The average molecular weight is 474 g/mol. The molecular weight excluding hydrogens is 434 g/mol. The number of hydrogen-bond acceptors (Lipinski definition) is 3. The van der Waals surface area contributed by atoms with Crippen molar-refractivity contribution in [1.29, 1.82) is 0 Å². The molecule has 0 amide bonds. The van der Waals surface area contributed by atoms with E-state index in [2.05, 4.69) is 13.8 Å². The Balaban J connectivity index is -0.000000735. The van der Waals surface area contributed by atoms with E-state index in [1.807, 2.05) is 0 Å². The van der Waals surface area contributed by atoms with E-state index in [1.54, 1.807) is 0 Å². The SMILES string of the molecule is CCCCCCCCCOS(=O)(=O)CCCCCCCCC.[Ba+2].[H-].[H-]. The first-order valence-corrected chi connectivity index (χ1v) is 11.1. The zero-order valence-electron chi connectivity index (χ0n) is 17.7. The maximum absolute atomic E-state index is 11.7. The first-order valence-electron chi connectivity index (χ1n) is 9.49. The predicted molar refractivity (Wildman–Crippen MR) is 104 cm³/mol. The zero-order chi connectivity index (χ0) is 16.5. The van der Waals surface area contributed by atoms with Gasteiger partial charge in [-0.1, -0.05) is 90.9 Å². The van der Waals surface area contributed by atoms with Crippen LogP contribution in [0.5, 0.6) is 0 Å². The van der Waals surface area contributed by atoms with Crippen LogP contribution in [0.1, 0.15) is 107 Å². The van der Waals surface area contributed by atoms with Gasteiger partial charge >= 0.3 is 48.9 Å². The third-order valence-corrected chi connectivity index (χ3v) is 5.32. The summed E-state index contributed by atoms with van der Waals surface area (Å²) in [5.41, 5.74) is 0. The summed E-state index contributed by atoms with van der Waals surface area (Å²) in [7, 11) is -3.28. The third-order valence-electron chi connectivity index (χ3n) is 4.01. The molecular formula is C18H40BaO3S. The quantitative estimate of drug-likeness (QED) is 0.155. The Morgan fingerprint density at radius 2 is 1.04 bits per heavy atom. The summed E-state index contributed by atoms with van der Waals surface area (Å²) in [5, 5.41) is 0. The van der Waals surface area contributed by atoms with E-state index >= 15 is 0 Å². The number of rotatable bonds is 17. The van der Waals surface area contributed by atoms with Crippen LogP contribution in [-0.4, -0.2) is 69.7 Å². The van der Waals surface area contributed by atoms with Gasteiger partial charge in [0.2, 0.25) is 0 Å². The summed E-state index contributed by atoms with van der Waals surface area (Å²) in [6, 6.07) is 0. The molecule has 0 atom stereocenters. The van der Waals surface area contributed by atoms with Gasteiger partial charge in [-0.3, -0.25) is 4.18 Å². The first kappa shape index (κ1) is 26.7. The van der Waals surface area contributed by atoms with Crippen molar-refractivity contribution in [2.45, 2.75) is 104 Å². The van der Waals surface area contributed by atoms with Gasteiger partial charge in [-0.15, -0.1) is 0 Å². The molecule has 23 heavy (non-hydrogen) atoms. The maximum Gasteiger partial charge on any atom is 2.00 e. The summed E-state index contributed by atoms with van der Waals surface area (Å²) in [6.07, 6.45) is 16.2. The molecule has 0 heterocycles. The van der Waals surface area contributed by atoms with Crippen LogP contribution in [0, 0.1) is 0 Å². The van der Waals surface area contributed by atoms with Crippen LogP contribution < -0.4 is 0 Å². The van der Waals surface area contributed by atoms with Crippen molar-refractivity contribution in [2.75, 3.05) is 12.4 Å². The Labute approximate surface area is 188 Å². The fraction of sp³-hybridized carbons (Fsp3) is 1.00. The van der Waals surface area contributed by atoms with E-state index in [9.17, 15) is 8.42 Å². The van der Waals surface area contributed by atoms with Crippen LogP contribution in [0.15, 0.2) is 0 Å². The smallest absolute Gasteiger partial charge is 1.00 e. The molecule has 0 aromatic rings. The molecule has 0 aliphatic carbocycles. The van der Waals surface area contributed by atoms with Gasteiger partial charge in [0, 0.05) is 0 Å². The van der Waals surface area contributed by atoms with Crippen molar-refractivity contribution in [2.24, 2.45) is 0 Å². The van der Waals surface area contributed by atoms with Gasteiger partial charge in [-0.2, -0.15) is 8.42 Å². The monoisotopic (exact) mass is 474 g/mol. The molecule has 0 saturated carbocycles. The Morgan fingerprint density at radius 1 is 0.652 bits per heavy atom. The third kappa shape index (κ3) is 21.4. The van der Waals surface area contributed by atoms with Crippen molar-refractivity contribution in [1.82, 2.24) is 0 Å². The molecule has 0 radical (unpaired) electrons.